The average Bonchev–Trinajstić information content (AvgIpc) is 2.72. The average molecular weight is 391 g/mol. The van der Waals surface area contributed by atoms with Crippen molar-refractivity contribution in [3.8, 4) is 11.3 Å². The fourth-order valence-corrected chi connectivity index (χ4v) is 2.93. The summed E-state index contributed by atoms with van der Waals surface area (Å²) in [5, 5.41) is 6.78. The van der Waals surface area contributed by atoms with Gasteiger partial charge in [0.05, 0.1) is 5.69 Å². The van der Waals surface area contributed by atoms with Crippen molar-refractivity contribution in [3.05, 3.63) is 60.7 Å². The Balaban J connectivity index is 1.81. The zero-order valence-corrected chi connectivity index (χ0v) is 17.7. The molecule has 29 heavy (non-hydrogen) atoms. The Labute approximate surface area is 173 Å². The van der Waals surface area contributed by atoms with Crippen molar-refractivity contribution in [1.29, 1.82) is 0 Å². The van der Waals surface area contributed by atoms with E-state index < -0.39 is 0 Å². The third kappa shape index (κ3) is 6.19. The van der Waals surface area contributed by atoms with E-state index in [4.69, 9.17) is 4.98 Å². The van der Waals surface area contributed by atoms with Crippen LogP contribution in [0.3, 0.4) is 0 Å². The maximum absolute atomic E-state index is 4.72. The van der Waals surface area contributed by atoms with Crippen molar-refractivity contribution in [2.75, 3.05) is 56.8 Å². The predicted octanol–water partition coefficient (Wildman–Crippen LogP) is 4.32. The smallest absolute Gasteiger partial charge is 0.225 e. The Morgan fingerprint density at radius 2 is 1.59 bits per heavy atom. The van der Waals surface area contributed by atoms with E-state index in [0.717, 1.165) is 48.0 Å². The van der Waals surface area contributed by atoms with E-state index in [9.17, 15) is 0 Å². The van der Waals surface area contributed by atoms with Gasteiger partial charge in [0.15, 0.2) is 0 Å². The fourth-order valence-electron chi connectivity index (χ4n) is 2.93. The molecule has 6 nitrogen and oxygen atoms in total. The molecule has 2 N–H and O–H groups in total. The Morgan fingerprint density at radius 3 is 2.24 bits per heavy atom. The van der Waals surface area contributed by atoms with Gasteiger partial charge in [-0.15, -0.1) is 0 Å². The van der Waals surface area contributed by atoms with E-state index >= 15 is 0 Å². The van der Waals surface area contributed by atoms with E-state index in [2.05, 4.69) is 75.9 Å². The molecule has 2 aromatic carbocycles. The lowest BCUT2D eigenvalue weighted by Crippen LogP contribution is -2.17. The highest BCUT2D eigenvalue weighted by Gasteiger charge is 2.08. The van der Waals surface area contributed by atoms with E-state index in [1.165, 1.54) is 0 Å². The molecule has 0 spiro atoms. The van der Waals surface area contributed by atoms with Gasteiger partial charge in [0.1, 0.15) is 5.82 Å². The summed E-state index contributed by atoms with van der Waals surface area (Å²) in [4.78, 5) is 13.6. The summed E-state index contributed by atoms with van der Waals surface area (Å²) >= 11 is 0. The maximum Gasteiger partial charge on any atom is 0.225 e. The molecule has 0 amide bonds. The SMILES string of the molecule is CN(C)CCCNc1nc(Nc2ccc(N(C)C)cc2)cc(-c2ccccc2)n1. The van der Waals surface area contributed by atoms with Gasteiger partial charge in [0.2, 0.25) is 5.95 Å². The molecule has 0 atom stereocenters. The zero-order valence-electron chi connectivity index (χ0n) is 17.7. The molecular formula is C23H30N6. The first-order chi connectivity index (χ1) is 14.0. The van der Waals surface area contributed by atoms with Gasteiger partial charge in [-0.1, -0.05) is 30.3 Å². The number of hydrogen-bond donors (Lipinski definition) is 2. The maximum atomic E-state index is 4.72. The van der Waals surface area contributed by atoms with Crippen LogP contribution in [0.2, 0.25) is 0 Å². The molecule has 0 radical (unpaired) electrons. The molecule has 0 bridgehead atoms. The third-order valence-corrected chi connectivity index (χ3v) is 4.52. The molecule has 3 aromatic rings. The van der Waals surface area contributed by atoms with Crippen molar-refractivity contribution < 1.29 is 0 Å². The second-order valence-corrected chi connectivity index (χ2v) is 7.48. The summed E-state index contributed by atoms with van der Waals surface area (Å²) < 4.78 is 0. The molecular weight excluding hydrogens is 360 g/mol. The Bertz CT molecular complexity index is 891. The summed E-state index contributed by atoms with van der Waals surface area (Å²) in [5.74, 6) is 1.41. The number of anilines is 4. The van der Waals surface area contributed by atoms with Crippen LogP contribution < -0.4 is 15.5 Å². The molecule has 0 saturated heterocycles. The van der Waals surface area contributed by atoms with Crippen LogP contribution in [-0.4, -0.2) is 56.1 Å². The first-order valence-corrected chi connectivity index (χ1v) is 9.89. The molecule has 1 heterocycles. The number of nitrogens with zero attached hydrogens (tertiary/aromatic N) is 4. The lowest BCUT2D eigenvalue weighted by molar-refractivity contribution is 0.405. The quantitative estimate of drug-likeness (QED) is 0.531. The van der Waals surface area contributed by atoms with Crippen molar-refractivity contribution in [3.63, 3.8) is 0 Å². The minimum atomic E-state index is 0.637. The Kier molecular flexibility index (Phi) is 7.03. The molecule has 0 aliphatic rings. The minimum Gasteiger partial charge on any atom is -0.378 e. The van der Waals surface area contributed by atoms with E-state index in [-0.39, 0.29) is 0 Å². The first kappa shape index (κ1) is 20.6. The van der Waals surface area contributed by atoms with Gasteiger partial charge in [-0.2, -0.15) is 4.98 Å². The van der Waals surface area contributed by atoms with Crippen LogP contribution in [-0.2, 0) is 0 Å². The van der Waals surface area contributed by atoms with Crippen molar-refractivity contribution >= 4 is 23.1 Å². The molecule has 0 fully saturated rings. The molecule has 152 valence electrons. The van der Waals surface area contributed by atoms with Crippen LogP contribution in [0.1, 0.15) is 6.42 Å². The second-order valence-electron chi connectivity index (χ2n) is 7.48. The van der Waals surface area contributed by atoms with Gasteiger partial charge >= 0.3 is 0 Å². The number of rotatable bonds is 9. The number of hydrogen-bond acceptors (Lipinski definition) is 6. The normalized spacial score (nSPS) is 10.8. The molecule has 1 aromatic heterocycles. The Hall–Kier alpha value is -3.12. The molecule has 0 saturated carbocycles. The molecule has 0 aliphatic carbocycles. The molecule has 3 rings (SSSR count). The number of nitrogens with one attached hydrogen (secondary N) is 2. The van der Waals surface area contributed by atoms with E-state index in [1.807, 2.05) is 38.4 Å². The first-order valence-electron chi connectivity index (χ1n) is 9.89. The molecule has 0 aliphatic heterocycles. The highest BCUT2D eigenvalue weighted by Crippen LogP contribution is 2.24. The van der Waals surface area contributed by atoms with Crippen molar-refractivity contribution in [1.82, 2.24) is 14.9 Å². The molecule has 0 unspecified atom stereocenters. The monoisotopic (exact) mass is 390 g/mol. The van der Waals surface area contributed by atoms with Crippen LogP contribution in [0.5, 0.6) is 0 Å². The van der Waals surface area contributed by atoms with Gasteiger partial charge in [0.25, 0.3) is 0 Å². The van der Waals surface area contributed by atoms with E-state index in [0.29, 0.717) is 5.95 Å². The fraction of sp³-hybridized carbons (Fsp3) is 0.304. The number of benzene rings is 2. The predicted molar refractivity (Wildman–Crippen MR) is 123 cm³/mol. The summed E-state index contributed by atoms with van der Waals surface area (Å²) in [6.07, 6.45) is 1.03. The Morgan fingerprint density at radius 1 is 0.862 bits per heavy atom. The van der Waals surface area contributed by atoms with Gasteiger partial charge in [-0.3, -0.25) is 0 Å². The molecule has 6 heteroatoms. The van der Waals surface area contributed by atoms with Gasteiger partial charge in [0, 0.05) is 43.6 Å². The van der Waals surface area contributed by atoms with Crippen LogP contribution >= 0.6 is 0 Å². The van der Waals surface area contributed by atoms with Crippen LogP contribution in [0, 0.1) is 0 Å². The summed E-state index contributed by atoms with van der Waals surface area (Å²) in [6, 6.07) is 20.5. The van der Waals surface area contributed by atoms with Crippen molar-refractivity contribution in [2.24, 2.45) is 0 Å². The highest BCUT2D eigenvalue weighted by molar-refractivity contribution is 5.68. The third-order valence-electron chi connectivity index (χ3n) is 4.52. The zero-order chi connectivity index (χ0) is 20.6. The van der Waals surface area contributed by atoms with Gasteiger partial charge in [-0.05, 0) is 51.3 Å². The van der Waals surface area contributed by atoms with Crippen LogP contribution in [0.15, 0.2) is 60.7 Å². The van der Waals surface area contributed by atoms with Crippen molar-refractivity contribution in [2.45, 2.75) is 6.42 Å². The lowest BCUT2D eigenvalue weighted by atomic mass is 10.1. The largest absolute Gasteiger partial charge is 0.378 e. The van der Waals surface area contributed by atoms with Crippen LogP contribution in [0.25, 0.3) is 11.3 Å². The minimum absolute atomic E-state index is 0.637. The second kappa shape index (κ2) is 9.89. The van der Waals surface area contributed by atoms with Gasteiger partial charge < -0.3 is 20.4 Å². The summed E-state index contributed by atoms with van der Waals surface area (Å²) in [6.45, 7) is 1.85. The van der Waals surface area contributed by atoms with Crippen LogP contribution in [0.4, 0.5) is 23.1 Å². The van der Waals surface area contributed by atoms with Gasteiger partial charge in [-0.25, -0.2) is 4.98 Å². The van der Waals surface area contributed by atoms with E-state index in [1.54, 1.807) is 0 Å². The summed E-state index contributed by atoms with van der Waals surface area (Å²) in [7, 11) is 8.23. The lowest BCUT2D eigenvalue weighted by Gasteiger charge is -2.14. The summed E-state index contributed by atoms with van der Waals surface area (Å²) in [5.41, 5.74) is 4.11. The highest BCUT2D eigenvalue weighted by atomic mass is 15.1. The standard InChI is InChI=1S/C23H30N6/c1-28(2)16-8-15-24-23-26-21(18-9-6-5-7-10-18)17-22(27-23)25-19-11-13-20(14-12-19)29(3)4/h5-7,9-14,17H,8,15-16H2,1-4H3,(H2,24,25,26,27). The number of aromatic nitrogens is 2. The topological polar surface area (TPSA) is 56.3 Å².